The number of fused-ring (bicyclic) bond motifs is 1. The zero-order valence-corrected chi connectivity index (χ0v) is 24.1. The highest BCUT2D eigenvalue weighted by Gasteiger charge is 2.37. The van der Waals surface area contributed by atoms with Crippen molar-refractivity contribution in [2.24, 2.45) is 0 Å². The number of carbonyl (C=O) groups excluding carboxylic acids is 3. The molecule has 1 aromatic heterocycles. The number of nitrogens with zero attached hydrogens (tertiary/aromatic N) is 3. The fourth-order valence-electron chi connectivity index (χ4n) is 4.65. The van der Waals surface area contributed by atoms with Crippen LogP contribution in [0.4, 0.5) is 13.2 Å². The lowest BCUT2D eigenvalue weighted by Crippen LogP contribution is -2.43. The SMILES string of the molecule is Cc1ccc(CC(CON2C(=O)c3ccccc3C2=O)NC(=O)c2cc(Cl)nnc2Oc2cccc(C(F)(F)F)c2)c(C)c1. The molecule has 3 aromatic carbocycles. The van der Waals surface area contributed by atoms with Gasteiger partial charge in [0, 0.05) is 0 Å². The number of hydroxylamine groups is 2. The highest BCUT2D eigenvalue weighted by molar-refractivity contribution is 6.29. The first-order valence-electron chi connectivity index (χ1n) is 13.3. The van der Waals surface area contributed by atoms with Gasteiger partial charge in [-0.25, -0.2) is 0 Å². The number of halogens is 4. The summed E-state index contributed by atoms with van der Waals surface area (Å²) < 4.78 is 45.2. The zero-order chi connectivity index (χ0) is 31.6. The van der Waals surface area contributed by atoms with E-state index in [1.807, 2.05) is 32.0 Å². The quantitative estimate of drug-likeness (QED) is 0.223. The molecule has 1 unspecified atom stereocenters. The average Bonchev–Trinajstić information content (AvgIpc) is 3.22. The molecule has 0 radical (unpaired) electrons. The maximum atomic E-state index is 13.6. The number of alkyl halides is 3. The van der Waals surface area contributed by atoms with Gasteiger partial charge in [0.15, 0.2) is 5.15 Å². The number of amides is 3. The van der Waals surface area contributed by atoms with Crippen LogP contribution in [-0.4, -0.2) is 45.6 Å². The van der Waals surface area contributed by atoms with Crippen molar-refractivity contribution >= 4 is 29.3 Å². The van der Waals surface area contributed by atoms with Crippen LogP contribution in [0.15, 0.2) is 72.8 Å². The van der Waals surface area contributed by atoms with Crippen molar-refractivity contribution in [3.8, 4) is 11.6 Å². The average molecular weight is 625 g/mol. The Labute approximate surface area is 254 Å². The van der Waals surface area contributed by atoms with E-state index in [1.165, 1.54) is 18.2 Å². The molecule has 1 atom stereocenters. The molecule has 13 heteroatoms. The second-order valence-electron chi connectivity index (χ2n) is 10.1. The Morgan fingerprint density at radius 2 is 1.66 bits per heavy atom. The van der Waals surface area contributed by atoms with Gasteiger partial charge in [0.1, 0.15) is 11.3 Å². The largest absolute Gasteiger partial charge is 0.437 e. The predicted octanol–water partition coefficient (Wildman–Crippen LogP) is 6.13. The molecule has 4 aromatic rings. The standard InChI is InChI=1S/C31H24ClF3N4O5/c1-17-10-11-19(18(2)12-17)13-21(16-43-39-29(41)23-8-3-4-9-24(23)30(39)42)36-27(40)25-15-26(32)37-38-28(25)44-22-7-5-6-20(14-22)31(33,34)35/h3-12,14-15,21H,13,16H2,1-2H3,(H,36,40). The number of ether oxygens (including phenoxy) is 1. The van der Waals surface area contributed by atoms with Crippen LogP contribution in [0.5, 0.6) is 11.6 Å². The predicted molar refractivity (Wildman–Crippen MR) is 152 cm³/mol. The molecule has 0 aliphatic carbocycles. The zero-order valence-electron chi connectivity index (χ0n) is 23.3. The smallest absolute Gasteiger partial charge is 0.416 e. The van der Waals surface area contributed by atoms with Gasteiger partial charge in [0.05, 0.1) is 29.3 Å². The summed E-state index contributed by atoms with van der Waals surface area (Å²) >= 11 is 6.01. The van der Waals surface area contributed by atoms with E-state index in [0.29, 0.717) is 5.06 Å². The highest BCUT2D eigenvalue weighted by Crippen LogP contribution is 2.33. The van der Waals surface area contributed by atoms with Crippen LogP contribution >= 0.6 is 11.6 Å². The van der Waals surface area contributed by atoms with Crippen molar-refractivity contribution in [3.05, 3.63) is 117 Å². The molecular formula is C31H24ClF3N4O5. The summed E-state index contributed by atoms with van der Waals surface area (Å²) in [6.45, 7) is 3.55. The Morgan fingerprint density at radius 3 is 2.32 bits per heavy atom. The molecule has 0 saturated carbocycles. The molecule has 3 amide bonds. The van der Waals surface area contributed by atoms with Gasteiger partial charge in [0.2, 0.25) is 0 Å². The van der Waals surface area contributed by atoms with Gasteiger partial charge < -0.3 is 10.1 Å². The Morgan fingerprint density at radius 1 is 0.955 bits per heavy atom. The van der Waals surface area contributed by atoms with Crippen LogP contribution in [0.1, 0.15) is 53.3 Å². The molecule has 1 N–H and O–H groups in total. The van der Waals surface area contributed by atoms with E-state index in [-0.39, 0.29) is 40.6 Å². The van der Waals surface area contributed by atoms with Crippen LogP contribution < -0.4 is 10.1 Å². The van der Waals surface area contributed by atoms with E-state index in [2.05, 4.69) is 15.5 Å². The summed E-state index contributed by atoms with van der Waals surface area (Å²) in [7, 11) is 0. The van der Waals surface area contributed by atoms with Crippen molar-refractivity contribution in [1.82, 2.24) is 20.6 Å². The minimum atomic E-state index is -4.62. The van der Waals surface area contributed by atoms with Crippen LogP contribution in [0, 0.1) is 13.8 Å². The maximum Gasteiger partial charge on any atom is 0.416 e. The number of hydrogen-bond donors (Lipinski definition) is 1. The Kier molecular flexibility index (Phi) is 8.66. The molecule has 5 rings (SSSR count). The summed E-state index contributed by atoms with van der Waals surface area (Å²) in [6, 6.07) is 16.5. The minimum absolute atomic E-state index is 0.167. The minimum Gasteiger partial charge on any atom is -0.437 e. The first kappa shape index (κ1) is 30.6. The Balaban J connectivity index is 1.40. The third kappa shape index (κ3) is 6.71. The van der Waals surface area contributed by atoms with Gasteiger partial charge in [0.25, 0.3) is 23.6 Å². The number of hydrogen-bond acceptors (Lipinski definition) is 7. The van der Waals surface area contributed by atoms with Crippen LogP contribution in [0.25, 0.3) is 0 Å². The van der Waals surface area contributed by atoms with E-state index < -0.39 is 41.4 Å². The maximum absolute atomic E-state index is 13.6. The van der Waals surface area contributed by atoms with Crippen molar-refractivity contribution in [2.45, 2.75) is 32.5 Å². The van der Waals surface area contributed by atoms with Crippen LogP contribution in [0.3, 0.4) is 0 Å². The first-order chi connectivity index (χ1) is 20.9. The van der Waals surface area contributed by atoms with E-state index in [9.17, 15) is 27.6 Å². The van der Waals surface area contributed by atoms with Crippen LogP contribution in [0.2, 0.25) is 5.15 Å². The molecule has 0 bridgehead atoms. The van der Waals surface area contributed by atoms with Gasteiger partial charge >= 0.3 is 6.18 Å². The lowest BCUT2D eigenvalue weighted by molar-refractivity contribution is -0.137. The van der Waals surface area contributed by atoms with Crippen LogP contribution in [-0.2, 0) is 17.4 Å². The van der Waals surface area contributed by atoms with Gasteiger partial charge in [-0.3, -0.25) is 19.2 Å². The van der Waals surface area contributed by atoms with E-state index in [0.717, 1.165) is 41.0 Å². The van der Waals surface area contributed by atoms with Gasteiger partial charge in [-0.1, -0.05) is 53.6 Å². The molecule has 44 heavy (non-hydrogen) atoms. The molecular weight excluding hydrogens is 601 g/mol. The molecule has 0 saturated heterocycles. The lowest BCUT2D eigenvalue weighted by Gasteiger charge is -2.23. The van der Waals surface area contributed by atoms with E-state index >= 15 is 0 Å². The molecule has 9 nitrogen and oxygen atoms in total. The fourth-order valence-corrected chi connectivity index (χ4v) is 4.79. The Hall–Kier alpha value is -4.81. The van der Waals surface area contributed by atoms with Gasteiger partial charge in [-0.05, 0) is 67.8 Å². The van der Waals surface area contributed by atoms with Crippen molar-refractivity contribution in [1.29, 1.82) is 0 Å². The fraction of sp³-hybridized carbons (Fsp3) is 0.194. The second kappa shape index (κ2) is 12.4. The summed E-state index contributed by atoms with van der Waals surface area (Å²) in [5, 5.41) is 10.7. The first-order valence-corrected chi connectivity index (χ1v) is 13.6. The number of aryl methyl sites for hydroxylation is 2. The topological polar surface area (TPSA) is 111 Å². The van der Waals surface area contributed by atoms with Gasteiger partial charge in [-0.15, -0.1) is 15.3 Å². The van der Waals surface area contributed by atoms with Crippen molar-refractivity contribution in [2.75, 3.05) is 6.61 Å². The van der Waals surface area contributed by atoms with E-state index in [4.69, 9.17) is 21.2 Å². The molecule has 0 spiro atoms. The number of nitrogens with one attached hydrogen (secondary N) is 1. The normalized spacial score (nSPS) is 13.5. The summed E-state index contributed by atoms with van der Waals surface area (Å²) in [6.07, 6.45) is -4.39. The highest BCUT2D eigenvalue weighted by atomic mass is 35.5. The molecule has 2 heterocycles. The van der Waals surface area contributed by atoms with Gasteiger partial charge in [-0.2, -0.15) is 13.2 Å². The van der Waals surface area contributed by atoms with Crippen molar-refractivity contribution < 1.29 is 37.1 Å². The third-order valence-corrected chi connectivity index (χ3v) is 7.00. The summed E-state index contributed by atoms with van der Waals surface area (Å²) in [5.41, 5.74) is 2.05. The number of rotatable bonds is 9. The number of benzene rings is 3. The van der Waals surface area contributed by atoms with Crippen molar-refractivity contribution in [3.63, 3.8) is 0 Å². The second-order valence-corrected chi connectivity index (χ2v) is 10.5. The number of imide groups is 1. The lowest BCUT2D eigenvalue weighted by atomic mass is 9.99. The summed E-state index contributed by atoms with van der Waals surface area (Å²) in [5.74, 6) is -2.65. The number of carbonyl (C=O) groups is 3. The van der Waals surface area contributed by atoms with E-state index in [1.54, 1.807) is 12.1 Å². The Bertz CT molecular complexity index is 1730. The molecule has 1 aliphatic rings. The monoisotopic (exact) mass is 624 g/mol. The third-order valence-electron chi connectivity index (χ3n) is 6.81. The molecule has 0 fully saturated rings. The molecule has 1 aliphatic heterocycles. The number of aromatic nitrogens is 2. The summed E-state index contributed by atoms with van der Waals surface area (Å²) in [4.78, 5) is 44.9. The molecule has 226 valence electrons.